The van der Waals surface area contributed by atoms with E-state index in [-0.39, 0.29) is 17.7 Å². The normalized spacial score (nSPS) is 18.4. The molecule has 0 spiro atoms. The highest BCUT2D eigenvalue weighted by atomic mass is 35.5. The predicted molar refractivity (Wildman–Crippen MR) is 101 cm³/mol. The number of hydrogen-bond acceptors (Lipinski definition) is 4. The number of rotatable bonds is 3. The quantitative estimate of drug-likeness (QED) is 0.458. The van der Waals surface area contributed by atoms with Gasteiger partial charge in [-0.1, -0.05) is 36.6 Å². The predicted octanol–water partition coefficient (Wildman–Crippen LogP) is 3.74. The molecule has 2 aromatic rings. The molecule has 2 heterocycles. The van der Waals surface area contributed by atoms with Gasteiger partial charge >= 0.3 is 17.8 Å². The number of amides is 4. The van der Waals surface area contributed by atoms with Crippen molar-refractivity contribution in [1.82, 2.24) is 14.8 Å². The Labute approximate surface area is 162 Å². The van der Waals surface area contributed by atoms with Crippen LogP contribution in [0, 0.1) is 13.8 Å². The van der Waals surface area contributed by atoms with Gasteiger partial charge in [-0.2, -0.15) is 0 Å². The van der Waals surface area contributed by atoms with Gasteiger partial charge in [0.05, 0.1) is 12.1 Å². The number of pyridine rings is 1. The second-order valence-electron chi connectivity index (χ2n) is 7.30. The summed E-state index contributed by atoms with van der Waals surface area (Å²) in [5, 5.41) is 1.12. The van der Waals surface area contributed by atoms with Gasteiger partial charge in [0.15, 0.2) is 0 Å². The van der Waals surface area contributed by atoms with Crippen molar-refractivity contribution in [2.24, 2.45) is 0 Å². The van der Waals surface area contributed by atoms with Crippen LogP contribution in [0.4, 0.5) is 4.79 Å². The Morgan fingerprint density at radius 2 is 1.81 bits per heavy atom. The summed E-state index contributed by atoms with van der Waals surface area (Å²) < 4.78 is 0. The molecule has 4 rings (SSSR count). The number of hydrogen-bond donors (Lipinski definition) is 0. The van der Waals surface area contributed by atoms with Gasteiger partial charge in [-0.05, 0) is 43.9 Å². The molecule has 4 amide bonds. The highest BCUT2D eigenvalue weighted by Crippen LogP contribution is 2.30. The molecule has 0 unspecified atom stereocenters. The molecule has 1 aromatic carbocycles. The average Bonchev–Trinajstić information content (AvgIpc) is 3.23. The zero-order valence-corrected chi connectivity index (χ0v) is 16.0. The van der Waals surface area contributed by atoms with Crippen molar-refractivity contribution in [3.05, 3.63) is 40.0 Å². The van der Waals surface area contributed by atoms with Crippen LogP contribution in [0.15, 0.2) is 18.2 Å². The van der Waals surface area contributed by atoms with Gasteiger partial charge in [-0.15, -0.1) is 0 Å². The standard InChI is InChI=1S/C20H20ClN3O3/c1-11-7-8-13-9-14(17(21)22-16(13)12(11)2)10-23-18(25)19(26)24(20(23)27)15-5-3-4-6-15/h7-9,15H,3-6,10H2,1-2H3. The first-order chi connectivity index (χ1) is 12.9. The molecular formula is C20H20ClN3O3. The maximum atomic E-state index is 12.7. The molecule has 0 radical (unpaired) electrons. The van der Waals surface area contributed by atoms with Gasteiger partial charge in [0.2, 0.25) is 0 Å². The molecule has 1 aliphatic heterocycles. The minimum absolute atomic E-state index is 0.0542. The highest BCUT2D eigenvalue weighted by Gasteiger charge is 2.48. The molecule has 1 saturated heterocycles. The first-order valence-corrected chi connectivity index (χ1v) is 9.50. The van der Waals surface area contributed by atoms with Crippen LogP contribution in [0.3, 0.4) is 0 Å². The summed E-state index contributed by atoms with van der Waals surface area (Å²) in [5.74, 6) is -1.52. The third-order valence-electron chi connectivity index (χ3n) is 5.64. The van der Waals surface area contributed by atoms with Crippen LogP contribution in [-0.4, -0.2) is 38.7 Å². The van der Waals surface area contributed by atoms with Crippen LogP contribution >= 0.6 is 11.6 Å². The zero-order valence-electron chi connectivity index (χ0n) is 15.3. The largest absolute Gasteiger partial charge is 0.334 e. The summed E-state index contributed by atoms with van der Waals surface area (Å²) >= 11 is 6.34. The van der Waals surface area contributed by atoms with E-state index in [0.29, 0.717) is 5.56 Å². The fraction of sp³-hybridized carbons (Fsp3) is 0.400. The van der Waals surface area contributed by atoms with E-state index in [1.807, 2.05) is 32.0 Å². The van der Waals surface area contributed by atoms with Crippen LogP contribution in [0.5, 0.6) is 0 Å². The number of carbonyl (C=O) groups is 3. The molecular weight excluding hydrogens is 366 g/mol. The van der Waals surface area contributed by atoms with Crippen molar-refractivity contribution in [2.75, 3.05) is 0 Å². The lowest BCUT2D eigenvalue weighted by molar-refractivity contribution is -0.144. The van der Waals surface area contributed by atoms with Crippen LogP contribution in [0.1, 0.15) is 42.4 Å². The molecule has 1 aromatic heterocycles. The fourth-order valence-corrected chi connectivity index (χ4v) is 4.13. The maximum Gasteiger partial charge on any atom is 0.334 e. The van der Waals surface area contributed by atoms with Crippen LogP contribution in [0.25, 0.3) is 10.9 Å². The fourth-order valence-electron chi connectivity index (χ4n) is 3.93. The number of aryl methyl sites for hydroxylation is 2. The Kier molecular flexibility index (Phi) is 4.38. The number of urea groups is 1. The van der Waals surface area contributed by atoms with E-state index in [9.17, 15) is 14.4 Å². The topological polar surface area (TPSA) is 70.6 Å². The third-order valence-corrected chi connectivity index (χ3v) is 5.97. The van der Waals surface area contributed by atoms with Gasteiger partial charge in [-0.3, -0.25) is 19.4 Å². The minimum atomic E-state index is -0.789. The number of benzene rings is 1. The second-order valence-corrected chi connectivity index (χ2v) is 7.66. The Morgan fingerprint density at radius 1 is 1.11 bits per heavy atom. The monoisotopic (exact) mass is 385 g/mol. The summed E-state index contributed by atoms with van der Waals surface area (Å²) in [6, 6.07) is 5.05. The SMILES string of the molecule is Cc1ccc2cc(CN3C(=O)C(=O)N(C4CCCC4)C3=O)c(Cl)nc2c1C. The van der Waals surface area contributed by atoms with Crippen LogP contribution < -0.4 is 0 Å². The molecule has 7 heteroatoms. The first-order valence-electron chi connectivity index (χ1n) is 9.13. The Balaban J connectivity index is 1.66. The summed E-state index contributed by atoms with van der Waals surface area (Å²) in [4.78, 5) is 44.1. The molecule has 0 N–H and O–H groups in total. The Morgan fingerprint density at radius 3 is 2.52 bits per heavy atom. The van der Waals surface area contributed by atoms with Gasteiger partial charge in [0, 0.05) is 17.0 Å². The molecule has 1 aliphatic carbocycles. The number of halogens is 1. The van der Waals surface area contributed by atoms with Gasteiger partial charge in [0.1, 0.15) is 5.15 Å². The first kappa shape index (κ1) is 17.9. The van der Waals surface area contributed by atoms with Gasteiger partial charge in [-0.25, -0.2) is 9.78 Å². The molecule has 1 saturated carbocycles. The third kappa shape index (κ3) is 2.88. The zero-order chi connectivity index (χ0) is 19.3. The van der Waals surface area contributed by atoms with Crippen molar-refractivity contribution in [3.63, 3.8) is 0 Å². The van der Waals surface area contributed by atoms with E-state index in [1.165, 1.54) is 0 Å². The summed E-state index contributed by atoms with van der Waals surface area (Å²) in [5.41, 5.74) is 3.50. The summed E-state index contributed by atoms with van der Waals surface area (Å²) in [7, 11) is 0. The smallest absolute Gasteiger partial charge is 0.263 e. The molecule has 2 aliphatic rings. The Hall–Kier alpha value is -2.47. The van der Waals surface area contributed by atoms with Crippen LogP contribution in [0.2, 0.25) is 5.15 Å². The van der Waals surface area contributed by atoms with Crippen molar-refractivity contribution in [3.8, 4) is 0 Å². The molecule has 0 bridgehead atoms. The molecule has 0 atom stereocenters. The highest BCUT2D eigenvalue weighted by molar-refractivity contribution is 6.44. The van der Waals surface area contributed by atoms with Crippen molar-refractivity contribution >= 4 is 40.3 Å². The van der Waals surface area contributed by atoms with E-state index in [4.69, 9.17) is 11.6 Å². The lowest BCUT2D eigenvalue weighted by Crippen LogP contribution is -2.39. The van der Waals surface area contributed by atoms with Crippen molar-refractivity contribution in [2.45, 2.75) is 52.1 Å². The van der Waals surface area contributed by atoms with Crippen LogP contribution in [-0.2, 0) is 16.1 Å². The van der Waals surface area contributed by atoms with E-state index in [2.05, 4.69) is 4.98 Å². The number of imide groups is 2. The summed E-state index contributed by atoms with van der Waals surface area (Å²) in [6.07, 6.45) is 3.45. The Bertz CT molecular complexity index is 982. The second kappa shape index (κ2) is 6.60. The molecule has 6 nitrogen and oxygen atoms in total. The number of fused-ring (bicyclic) bond motifs is 1. The average molecular weight is 386 g/mol. The van der Waals surface area contributed by atoms with E-state index < -0.39 is 17.8 Å². The van der Waals surface area contributed by atoms with Crippen molar-refractivity contribution < 1.29 is 14.4 Å². The van der Waals surface area contributed by atoms with E-state index >= 15 is 0 Å². The number of aromatic nitrogens is 1. The maximum absolute atomic E-state index is 12.7. The number of nitrogens with zero attached hydrogens (tertiary/aromatic N) is 3. The lowest BCUT2D eigenvalue weighted by Gasteiger charge is -2.21. The van der Waals surface area contributed by atoms with E-state index in [0.717, 1.165) is 57.5 Å². The van der Waals surface area contributed by atoms with Crippen molar-refractivity contribution in [1.29, 1.82) is 0 Å². The minimum Gasteiger partial charge on any atom is -0.263 e. The molecule has 27 heavy (non-hydrogen) atoms. The molecule has 2 fully saturated rings. The van der Waals surface area contributed by atoms with Gasteiger partial charge < -0.3 is 0 Å². The number of carbonyl (C=O) groups excluding carboxylic acids is 3. The van der Waals surface area contributed by atoms with E-state index in [1.54, 1.807) is 0 Å². The summed E-state index contributed by atoms with van der Waals surface area (Å²) in [6.45, 7) is 3.93. The molecule has 140 valence electrons. The lowest BCUT2D eigenvalue weighted by atomic mass is 10.0. The van der Waals surface area contributed by atoms with Gasteiger partial charge in [0.25, 0.3) is 0 Å².